The van der Waals surface area contributed by atoms with Crippen molar-refractivity contribution in [2.75, 3.05) is 0 Å². The van der Waals surface area contributed by atoms with Crippen molar-refractivity contribution in [2.24, 2.45) is 5.73 Å². The molecule has 0 amide bonds. The van der Waals surface area contributed by atoms with Gasteiger partial charge in [-0.25, -0.2) is 4.98 Å². The minimum absolute atomic E-state index is 0.189. The van der Waals surface area contributed by atoms with E-state index in [1.165, 1.54) is 0 Å². The summed E-state index contributed by atoms with van der Waals surface area (Å²) >= 11 is 5.98. The molecule has 0 radical (unpaired) electrons. The van der Waals surface area contributed by atoms with Crippen LogP contribution in [0, 0.1) is 0 Å². The molecule has 20 heavy (non-hydrogen) atoms. The van der Waals surface area contributed by atoms with Crippen molar-refractivity contribution in [3.05, 3.63) is 71.0 Å². The van der Waals surface area contributed by atoms with Gasteiger partial charge in [-0.3, -0.25) is 4.98 Å². The zero-order valence-electron chi connectivity index (χ0n) is 10.8. The SMILES string of the molecule is NC(Cc1cccc(Cl)c1)c1cnc2ccccc2n1. The van der Waals surface area contributed by atoms with Crippen molar-refractivity contribution in [1.82, 2.24) is 9.97 Å². The standard InChI is InChI=1S/C16H14ClN3/c17-12-5-3-4-11(8-12)9-13(18)16-10-19-14-6-1-2-7-15(14)20-16/h1-8,10,13H,9,18H2. The van der Waals surface area contributed by atoms with E-state index < -0.39 is 0 Å². The molecule has 0 aliphatic rings. The van der Waals surface area contributed by atoms with Gasteiger partial charge in [0.15, 0.2) is 0 Å². The monoisotopic (exact) mass is 283 g/mol. The Morgan fingerprint density at radius 2 is 1.85 bits per heavy atom. The predicted molar refractivity (Wildman–Crippen MR) is 81.6 cm³/mol. The number of fused-ring (bicyclic) bond motifs is 1. The van der Waals surface area contributed by atoms with Gasteiger partial charge in [-0.2, -0.15) is 0 Å². The van der Waals surface area contributed by atoms with Crippen molar-refractivity contribution in [3.8, 4) is 0 Å². The first-order chi connectivity index (χ1) is 9.72. The Hall–Kier alpha value is -1.97. The first kappa shape index (κ1) is 13.0. The summed E-state index contributed by atoms with van der Waals surface area (Å²) in [7, 11) is 0. The molecule has 2 N–H and O–H groups in total. The summed E-state index contributed by atoms with van der Waals surface area (Å²) in [5.41, 5.74) is 9.86. The summed E-state index contributed by atoms with van der Waals surface area (Å²) in [5, 5.41) is 0.722. The molecule has 0 aliphatic carbocycles. The molecule has 1 unspecified atom stereocenters. The van der Waals surface area contributed by atoms with Gasteiger partial charge in [-0.15, -0.1) is 0 Å². The molecule has 0 saturated carbocycles. The lowest BCUT2D eigenvalue weighted by molar-refractivity contribution is 0.696. The van der Waals surface area contributed by atoms with Gasteiger partial charge in [0.1, 0.15) is 0 Å². The highest BCUT2D eigenvalue weighted by atomic mass is 35.5. The molecular formula is C16H14ClN3. The fraction of sp³-hybridized carbons (Fsp3) is 0.125. The number of hydrogen-bond donors (Lipinski definition) is 1. The molecule has 1 aromatic heterocycles. The highest BCUT2D eigenvalue weighted by molar-refractivity contribution is 6.30. The van der Waals surface area contributed by atoms with Gasteiger partial charge in [0, 0.05) is 5.02 Å². The minimum atomic E-state index is -0.189. The van der Waals surface area contributed by atoms with E-state index in [1.807, 2.05) is 48.5 Å². The lowest BCUT2D eigenvalue weighted by Gasteiger charge is -2.11. The van der Waals surface area contributed by atoms with Crippen LogP contribution < -0.4 is 5.73 Å². The van der Waals surface area contributed by atoms with Crippen LogP contribution in [0.2, 0.25) is 5.02 Å². The second-order valence-electron chi connectivity index (χ2n) is 4.72. The van der Waals surface area contributed by atoms with E-state index in [0.29, 0.717) is 6.42 Å². The van der Waals surface area contributed by atoms with Crippen molar-refractivity contribution < 1.29 is 0 Å². The summed E-state index contributed by atoms with van der Waals surface area (Å²) < 4.78 is 0. The first-order valence-corrected chi connectivity index (χ1v) is 6.82. The smallest absolute Gasteiger partial charge is 0.0890 e. The lowest BCUT2D eigenvalue weighted by atomic mass is 10.0. The van der Waals surface area contributed by atoms with E-state index in [4.69, 9.17) is 17.3 Å². The van der Waals surface area contributed by atoms with Gasteiger partial charge in [0.2, 0.25) is 0 Å². The molecule has 4 heteroatoms. The van der Waals surface area contributed by atoms with Crippen LogP contribution in [0.15, 0.2) is 54.7 Å². The van der Waals surface area contributed by atoms with Gasteiger partial charge in [-0.1, -0.05) is 35.9 Å². The highest BCUT2D eigenvalue weighted by Crippen LogP contribution is 2.18. The zero-order valence-corrected chi connectivity index (χ0v) is 11.6. The second kappa shape index (κ2) is 5.57. The van der Waals surface area contributed by atoms with Crippen molar-refractivity contribution >= 4 is 22.6 Å². The van der Waals surface area contributed by atoms with Crippen LogP contribution in [0.3, 0.4) is 0 Å². The predicted octanol–water partition coefficient (Wildman–Crippen LogP) is 3.53. The second-order valence-corrected chi connectivity index (χ2v) is 5.16. The summed E-state index contributed by atoms with van der Waals surface area (Å²) in [4.78, 5) is 8.97. The molecule has 1 atom stereocenters. The molecule has 0 bridgehead atoms. The highest BCUT2D eigenvalue weighted by Gasteiger charge is 2.10. The van der Waals surface area contributed by atoms with Crippen LogP contribution in [0.1, 0.15) is 17.3 Å². The van der Waals surface area contributed by atoms with Crippen LogP contribution >= 0.6 is 11.6 Å². The Morgan fingerprint density at radius 3 is 2.65 bits per heavy atom. The van der Waals surface area contributed by atoms with Gasteiger partial charge >= 0.3 is 0 Å². The van der Waals surface area contributed by atoms with Gasteiger partial charge in [0.05, 0.1) is 29.0 Å². The van der Waals surface area contributed by atoms with Gasteiger partial charge in [-0.05, 0) is 36.2 Å². The van der Waals surface area contributed by atoms with E-state index in [1.54, 1.807) is 6.20 Å². The Bertz CT molecular complexity index is 742. The average molecular weight is 284 g/mol. The van der Waals surface area contributed by atoms with Crippen LogP contribution in [-0.4, -0.2) is 9.97 Å². The third kappa shape index (κ3) is 2.79. The van der Waals surface area contributed by atoms with E-state index >= 15 is 0 Å². The summed E-state index contributed by atoms with van der Waals surface area (Å²) in [6.07, 6.45) is 2.44. The summed E-state index contributed by atoms with van der Waals surface area (Å²) in [5.74, 6) is 0. The van der Waals surface area contributed by atoms with Crippen molar-refractivity contribution in [3.63, 3.8) is 0 Å². The van der Waals surface area contributed by atoms with E-state index in [2.05, 4.69) is 9.97 Å². The molecular weight excluding hydrogens is 270 g/mol. The number of nitrogens with zero attached hydrogens (tertiary/aromatic N) is 2. The number of para-hydroxylation sites is 2. The molecule has 3 rings (SSSR count). The molecule has 0 spiro atoms. The Kier molecular flexibility index (Phi) is 3.63. The number of benzene rings is 2. The maximum atomic E-state index is 6.22. The molecule has 1 heterocycles. The van der Waals surface area contributed by atoms with Gasteiger partial charge in [0.25, 0.3) is 0 Å². The fourth-order valence-electron chi connectivity index (χ4n) is 2.17. The summed E-state index contributed by atoms with van der Waals surface area (Å²) in [6.45, 7) is 0. The Morgan fingerprint density at radius 1 is 1.05 bits per heavy atom. The van der Waals surface area contributed by atoms with Crippen molar-refractivity contribution in [2.45, 2.75) is 12.5 Å². The quantitative estimate of drug-likeness (QED) is 0.800. The van der Waals surface area contributed by atoms with Crippen LogP contribution in [0.5, 0.6) is 0 Å². The van der Waals surface area contributed by atoms with Gasteiger partial charge < -0.3 is 5.73 Å². The normalized spacial score (nSPS) is 12.5. The number of hydrogen-bond acceptors (Lipinski definition) is 3. The fourth-order valence-corrected chi connectivity index (χ4v) is 2.39. The zero-order chi connectivity index (χ0) is 13.9. The van der Waals surface area contributed by atoms with Crippen LogP contribution in [0.25, 0.3) is 11.0 Å². The molecule has 3 aromatic rings. The number of halogens is 1. The molecule has 0 saturated heterocycles. The average Bonchev–Trinajstić information content (AvgIpc) is 2.47. The third-order valence-corrected chi connectivity index (χ3v) is 3.43. The Labute approximate surface area is 122 Å². The topological polar surface area (TPSA) is 51.8 Å². The largest absolute Gasteiger partial charge is 0.322 e. The maximum Gasteiger partial charge on any atom is 0.0890 e. The molecule has 0 fully saturated rings. The molecule has 2 aromatic carbocycles. The van der Waals surface area contributed by atoms with Crippen LogP contribution in [0.4, 0.5) is 0 Å². The van der Waals surface area contributed by atoms with E-state index in [-0.39, 0.29) is 6.04 Å². The first-order valence-electron chi connectivity index (χ1n) is 6.44. The lowest BCUT2D eigenvalue weighted by Crippen LogP contribution is -2.15. The van der Waals surface area contributed by atoms with Crippen LogP contribution in [-0.2, 0) is 6.42 Å². The number of aromatic nitrogens is 2. The molecule has 0 aliphatic heterocycles. The third-order valence-electron chi connectivity index (χ3n) is 3.19. The summed E-state index contributed by atoms with van der Waals surface area (Å²) in [6, 6.07) is 15.3. The molecule has 3 nitrogen and oxygen atoms in total. The van der Waals surface area contributed by atoms with E-state index in [9.17, 15) is 0 Å². The van der Waals surface area contributed by atoms with E-state index in [0.717, 1.165) is 27.3 Å². The maximum absolute atomic E-state index is 6.22. The van der Waals surface area contributed by atoms with Crippen molar-refractivity contribution in [1.29, 1.82) is 0 Å². The molecule has 100 valence electrons. The number of nitrogens with two attached hydrogens (primary N) is 1. The minimum Gasteiger partial charge on any atom is -0.322 e. The Balaban J connectivity index is 1.86. The number of rotatable bonds is 3.